The molecule has 1 amide bonds. The van der Waals surface area contributed by atoms with Gasteiger partial charge in [0.15, 0.2) is 0 Å². The SMILES string of the molecule is CC(C)(C)OC(=O)N[C@H](CO)c1ccsc1. The van der Waals surface area contributed by atoms with Crippen LogP contribution < -0.4 is 5.32 Å². The van der Waals surface area contributed by atoms with E-state index >= 15 is 0 Å². The maximum Gasteiger partial charge on any atom is 0.408 e. The maximum atomic E-state index is 11.5. The lowest BCUT2D eigenvalue weighted by Crippen LogP contribution is -2.36. The van der Waals surface area contributed by atoms with Gasteiger partial charge in [-0.25, -0.2) is 4.79 Å². The highest BCUT2D eigenvalue weighted by Crippen LogP contribution is 2.16. The standard InChI is InChI=1S/C11H17NO3S/c1-11(2,3)15-10(14)12-9(6-13)8-4-5-16-7-8/h4-5,7,9,13H,6H2,1-3H3,(H,12,14)/t9-/m1/s1. The van der Waals surface area contributed by atoms with Crippen molar-refractivity contribution in [3.63, 3.8) is 0 Å². The molecule has 0 saturated carbocycles. The Morgan fingerprint density at radius 3 is 2.75 bits per heavy atom. The molecule has 0 unspecified atom stereocenters. The fraction of sp³-hybridized carbons (Fsp3) is 0.545. The summed E-state index contributed by atoms with van der Waals surface area (Å²) in [5, 5.41) is 15.6. The van der Waals surface area contributed by atoms with Gasteiger partial charge in [-0.3, -0.25) is 0 Å². The summed E-state index contributed by atoms with van der Waals surface area (Å²) in [5.41, 5.74) is 0.358. The second-order valence-corrected chi connectivity index (χ2v) is 5.22. The lowest BCUT2D eigenvalue weighted by molar-refractivity contribution is 0.0482. The first kappa shape index (κ1) is 13.0. The molecule has 0 saturated heterocycles. The van der Waals surface area contributed by atoms with Gasteiger partial charge in [-0.15, -0.1) is 0 Å². The molecule has 0 aliphatic heterocycles. The van der Waals surface area contributed by atoms with Crippen molar-refractivity contribution >= 4 is 17.4 Å². The van der Waals surface area contributed by atoms with Crippen LogP contribution in [0.2, 0.25) is 0 Å². The van der Waals surface area contributed by atoms with Gasteiger partial charge in [0.05, 0.1) is 12.6 Å². The number of aliphatic hydroxyl groups excluding tert-OH is 1. The molecular formula is C11H17NO3S. The van der Waals surface area contributed by atoms with Gasteiger partial charge in [-0.05, 0) is 43.2 Å². The summed E-state index contributed by atoms with van der Waals surface area (Å²) in [6, 6.07) is 1.46. The average molecular weight is 243 g/mol. The summed E-state index contributed by atoms with van der Waals surface area (Å²) in [6.45, 7) is 5.25. The van der Waals surface area contributed by atoms with E-state index in [1.165, 1.54) is 11.3 Å². The van der Waals surface area contributed by atoms with Gasteiger partial charge in [-0.2, -0.15) is 11.3 Å². The predicted molar refractivity (Wildman–Crippen MR) is 63.5 cm³/mol. The first-order chi connectivity index (χ1) is 7.42. The molecule has 0 aliphatic carbocycles. The lowest BCUT2D eigenvalue weighted by atomic mass is 10.1. The van der Waals surface area contributed by atoms with Crippen molar-refractivity contribution in [2.24, 2.45) is 0 Å². The highest BCUT2D eigenvalue weighted by molar-refractivity contribution is 7.07. The maximum absolute atomic E-state index is 11.5. The Morgan fingerprint density at radius 1 is 1.62 bits per heavy atom. The average Bonchev–Trinajstić information content (AvgIpc) is 2.63. The molecule has 1 aromatic heterocycles. The number of nitrogens with one attached hydrogen (secondary N) is 1. The third-order valence-electron chi connectivity index (χ3n) is 1.82. The van der Waals surface area contributed by atoms with E-state index < -0.39 is 17.7 Å². The van der Waals surface area contributed by atoms with Gasteiger partial charge in [0.2, 0.25) is 0 Å². The van der Waals surface area contributed by atoms with Crippen molar-refractivity contribution in [3.05, 3.63) is 22.4 Å². The van der Waals surface area contributed by atoms with Crippen LogP contribution in [0.4, 0.5) is 4.79 Å². The summed E-state index contributed by atoms with van der Waals surface area (Å²) in [5.74, 6) is 0. The predicted octanol–water partition coefficient (Wildman–Crippen LogP) is 2.31. The molecule has 0 bridgehead atoms. The molecule has 1 atom stereocenters. The van der Waals surface area contributed by atoms with Crippen LogP contribution in [-0.2, 0) is 4.74 Å². The lowest BCUT2D eigenvalue weighted by Gasteiger charge is -2.22. The Hall–Kier alpha value is -1.07. The first-order valence-electron chi connectivity index (χ1n) is 5.05. The molecule has 0 spiro atoms. The van der Waals surface area contributed by atoms with E-state index in [9.17, 15) is 9.90 Å². The van der Waals surface area contributed by atoms with E-state index in [0.29, 0.717) is 0 Å². The van der Waals surface area contributed by atoms with Crippen LogP contribution in [0.5, 0.6) is 0 Å². The second kappa shape index (κ2) is 5.32. The second-order valence-electron chi connectivity index (χ2n) is 4.44. The number of amides is 1. The number of ether oxygens (including phenoxy) is 1. The molecule has 1 rings (SSSR count). The number of hydrogen-bond donors (Lipinski definition) is 2. The molecule has 0 fully saturated rings. The number of carbonyl (C=O) groups is 1. The molecule has 0 radical (unpaired) electrons. The van der Waals surface area contributed by atoms with Crippen molar-refractivity contribution in [1.82, 2.24) is 5.32 Å². The Kier molecular flexibility index (Phi) is 4.32. The van der Waals surface area contributed by atoms with Gasteiger partial charge in [0, 0.05) is 0 Å². The number of aliphatic hydroxyl groups is 1. The summed E-state index contributed by atoms with van der Waals surface area (Å²) in [7, 11) is 0. The highest BCUT2D eigenvalue weighted by Gasteiger charge is 2.20. The van der Waals surface area contributed by atoms with Gasteiger partial charge in [0.1, 0.15) is 5.60 Å². The van der Waals surface area contributed by atoms with Crippen LogP contribution in [0.15, 0.2) is 16.8 Å². The molecule has 90 valence electrons. The zero-order valence-electron chi connectivity index (χ0n) is 9.69. The number of alkyl carbamates (subject to hydrolysis) is 1. The third-order valence-corrected chi connectivity index (χ3v) is 2.52. The van der Waals surface area contributed by atoms with E-state index in [-0.39, 0.29) is 6.61 Å². The number of thiophene rings is 1. The monoisotopic (exact) mass is 243 g/mol. The van der Waals surface area contributed by atoms with Gasteiger partial charge < -0.3 is 15.2 Å². The molecule has 1 aromatic rings. The minimum atomic E-state index is -0.529. The number of hydrogen-bond acceptors (Lipinski definition) is 4. The molecule has 5 heteroatoms. The van der Waals surface area contributed by atoms with Gasteiger partial charge in [-0.1, -0.05) is 0 Å². The molecule has 2 N–H and O–H groups in total. The van der Waals surface area contributed by atoms with Crippen LogP contribution in [0, 0.1) is 0 Å². The van der Waals surface area contributed by atoms with E-state index in [1.54, 1.807) is 20.8 Å². The number of carbonyl (C=O) groups excluding carboxylic acids is 1. The fourth-order valence-corrected chi connectivity index (χ4v) is 1.87. The molecular weight excluding hydrogens is 226 g/mol. The molecule has 4 nitrogen and oxygen atoms in total. The molecule has 1 heterocycles. The van der Waals surface area contributed by atoms with Crippen LogP contribution in [0.25, 0.3) is 0 Å². The van der Waals surface area contributed by atoms with Crippen LogP contribution in [0.1, 0.15) is 32.4 Å². The largest absolute Gasteiger partial charge is 0.444 e. The van der Waals surface area contributed by atoms with Crippen LogP contribution in [0.3, 0.4) is 0 Å². The van der Waals surface area contributed by atoms with E-state index in [4.69, 9.17) is 4.74 Å². The Balaban J connectivity index is 2.55. The zero-order valence-corrected chi connectivity index (χ0v) is 10.5. The highest BCUT2D eigenvalue weighted by atomic mass is 32.1. The molecule has 0 aromatic carbocycles. The van der Waals surface area contributed by atoms with Crippen LogP contribution >= 0.6 is 11.3 Å². The summed E-state index contributed by atoms with van der Waals surface area (Å²) in [6.07, 6.45) is -0.516. The van der Waals surface area contributed by atoms with Crippen molar-refractivity contribution in [1.29, 1.82) is 0 Å². The van der Waals surface area contributed by atoms with Crippen molar-refractivity contribution in [2.75, 3.05) is 6.61 Å². The van der Waals surface area contributed by atoms with Crippen molar-refractivity contribution in [3.8, 4) is 0 Å². The summed E-state index contributed by atoms with van der Waals surface area (Å²) >= 11 is 1.52. The van der Waals surface area contributed by atoms with Crippen molar-refractivity contribution in [2.45, 2.75) is 32.4 Å². The minimum absolute atomic E-state index is 0.143. The van der Waals surface area contributed by atoms with Crippen LogP contribution in [-0.4, -0.2) is 23.4 Å². The summed E-state index contributed by atoms with van der Waals surface area (Å²) < 4.78 is 5.11. The van der Waals surface area contributed by atoms with E-state index in [0.717, 1.165) is 5.56 Å². The van der Waals surface area contributed by atoms with Crippen molar-refractivity contribution < 1.29 is 14.6 Å². The first-order valence-corrected chi connectivity index (χ1v) is 5.99. The topological polar surface area (TPSA) is 58.6 Å². The Morgan fingerprint density at radius 2 is 2.31 bits per heavy atom. The Bertz CT molecular complexity index is 329. The Labute approximate surface area is 99.2 Å². The zero-order chi connectivity index (χ0) is 12.2. The van der Waals surface area contributed by atoms with E-state index in [2.05, 4.69) is 5.32 Å². The van der Waals surface area contributed by atoms with E-state index in [1.807, 2.05) is 16.8 Å². The molecule has 0 aliphatic rings. The smallest absolute Gasteiger partial charge is 0.408 e. The van der Waals surface area contributed by atoms with Gasteiger partial charge in [0.25, 0.3) is 0 Å². The quantitative estimate of drug-likeness (QED) is 0.856. The molecule has 16 heavy (non-hydrogen) atoms. The fourth-order valence-electron chi connectivity index (χ4n) is 1.16. The number of rotatable bonds is 3. The minimum Gasteiger partial charge on any atom is -0.444 e. The third kappa shape index (κ3) is 4.20. The van der Waals surface area contributed by atoms with Gasteiger partial charge >= 0.3 is 6.09 Å². The normalized spacial score (nSPS) is 13.2. The summed E-state index contributed by atoms with van der Waals surface area (Å²) in [4.78, 5) is 11.5.